The summed E-state index contributed by atoms with van der Waals surface area (Å²) in [6.45, 7) is 11.0. The minimum atomic E-state index is -3.47. The molecule has 2 fully saturated rings. The molecule has 0 radical (unpaired) electrons. The molecule has 0 unspecified atom stereocenters. The molecule has 9 heteroatoms. The van der Waals surface area contributed by atoms with Crippen LogP contribution in [-0.2, 0) is 14.8 Å². The average Bonchev–Trinajstić information content (AvgIpc) is 2.68. The maximum absolute atomic E-state index is 12.8. The largest absolute Gasteiger partial charge is 0.379 e. The van der Waals surface area contributed by atoms with Gasteiger partial charge >= 0.3 is 0 Å². The molecular weight excluding hydrogens is 366 g/mol. The van der Waals surface area contributed by atoms with Crippen LogP contribution in [0.2, 0.25) is 0 Å². The van der Waals surface area contributed by atoms with Gasteiger partial charge < -0.3 is 15.0 Å². The van der Waals surface area contributed by atoms with Gasteiger partial charge in [0.05, 0.1) is 13.2 Å². The molecule has 1 aromatic heterocycles. The quantitative estimate of drug-likeness (QED) is 0.751. The molecule has 0 spiro atoms. The van der Waals surface area contributed by atoms with Crippen molar-refractivity contribution in [2.75, 3.05) is 71.4 Å². The Hall–Kier alpha value is -1.26. The maximum Gasteiger partial charge on any atom is 0.244 e. The zero-order chi connectivity index (χ0) is 19.5. The van der Waals surface area contributed by atoms with E-state index in [2.05, 4.69) is 33.9 Å². The Morgan fingerprint density at radius 3 is 2.37 bits per heavy atom. The van der Waals surface area contributed by atoms with Crippen molar-refractivity contribution in [3.05, 3.63) is 18.3 Å². The molecule has 3 rings (SSSR count). The number of hydrogen-bond acceptors (Lipinski definition) is 7. The summed E-state index contributed by atoms with van der Waals surface area (Å²) >= 11 is 0. The van der Waals surface area contributed by atoms with Gasteiger partial charge in [-0.15, -0.1) is 0 Å². The van der Waals surface area contributed by atoms with Crippen molar-refractivity contribution in [2.24, 2.45) is 0 Å². The summed E-state index contributed by atoms with van der Waals surface area (Å²) in [5.41, 5.74) is -0.0317. The van der Waals surface area contributed by atoms with Crippen LogP contribution in [0.4, 0.5) is 5.82 Å². The lowest BCUT2D eigenvalue weighted by molar-refractivity contribution is -0.00570. The smallest absolute Gasteiger partial charge is 0.244 e. The van der Waals surface area contributed by atoms with Crippen molar-refractivity contribution in [1.82, 2.24) is 19.1 Å². The lowest BCUT2D eigenvalue weighted by atomic mass is 10.0. The molecule has 0 aliphatic carbocycles. The van der Waals surface area contributed by atoms with E-state index in [0.29, 0.717) is 18.9 Å². The van der Waals surface area contributed by atoms with E-state index in [1.165, 1.54) is 6.20 Å². The van der Waals surface area contributed by atoms with Crippen molar-refractivity contribution in [2.45, 2.75) is 24.3 Å². The van der Waals surface area contributed by atoms with Gasteiger partial charge in [-0.25, -0.2) is 13.4 Å². The van der Waals surface area contributed by atoms with Crippen LogP contribution in [0.5, 0.6) is 0 Å². The lowest BCUT2D eigenvalue weighted by Crippen LogP contribution is -2.53. The summed E-state index contributed by atoms with van der Waals surface area (Å²) in [5, 5.41) is 3.34. The number of rotatable bonds is 6. The van der Waals surface area contributed by atoms with E-state index in [9.17, 15) is 8.42 Å². The molecule has 8 nitrogen and oxygen atoms in total. The Balaban J connectivity index is 1.60. The number of sulfonamides is 1. The van der Waals surface area contributed by atoms with Crippen LogP contribution >= 0.6 is 0 Å². The molecule has 2 aliphatic heterocycles. The Bertz CT molecular complexity index is 709. The van der Waals surface area contributed by atoms with Gasteiger partial charge in [-0.2, -0.15) is 4.31 Å². The predicted molar refractivity (Wildman–Crippen MR) is 105 cm³/mol. The van der Waals surface area contributed by atoms with Crippen molar-refractivity contribution < 1.29 is 13.2 Å². The number of nitrogens with zero attached hydrogens (tertiary/aromatic N) is 4. The zero-order valence-electron chi connectivity index (χ0n) is 16.5. The van der Waals surface area contributed by atoms with Crippen LogP contribution in [0, 0.1) is 0 Å². The summed E-state index contributed by atoms with van der Waals surface area (Å²) in [6, 6.07) is 3.39. The van der Waals surface area contributed by atoms with Crippen LogP contribution < -0.4 is 5.32 Å². The normalized spacial score (nSPS) is 21.3. The maximum atomic E-state index is 12.8. The number of piperazine rings is 1. The van der Waals surface area contributed by atoms with Crippen molar-refractivity contribution >= 4 is 15.8 Å². The van der Waals surface area contributed by atoms with Gasteiger partial charge in [0.2, 0.25) is 10.0 Å². The number of nitrogens with one attached hydrogen (secondary N) is 1. The first-order valence-electron chi connectivity index (χ1n) is 9.50. The summed E-state index contributed by atoms with van der Waals surface area (Å²) in [7, 11) is -1.46. The fraction of sp³-hybridized carbons (Fsp3) is 0.722. The second kappa shape index (κ2) is 8.40. The van der Waals surface area contributed by atoms with Gasteiger partial charge in [0.15, 0.2) is 0 Å². The third-order valence-corrected chi connectivity index (χ3v) is 7.29. The average molecular weight is 398 g/mol. The van der Waals surface area contributed by atoms with E-state index in [-0.39, 0.29) is 10.4 Å². The second-order valence-corrected chi connectivity index (χ2v) is 9.79. The molecule has 0 amide bonds. The van der Waals surface area contributed by atoms with Crippen molar-refractivity contribution in [3.8, 4) is 0 Å². The minimum Gasteiger partial charge on any atom is -0.379 e. The summed E-state index contributed by atoms with van der Waals surface area (Å²) in [4.78, 5) is 9.12. The molecule has 3 heterocycles. The third-order valence-electron chi connectivity index (χ3n) is 5.41. The van der Waals surface area contributed by atoms with E-state index in [4.69, 9.17) is 4.74 Å². The van der Waals surface area contributed by atoms with Crippen LogP contribution in [0.1, 0.15) is 13.8 Å². The van der Waals surface area contributed by atoms with E-state index in [1.54, 1.807) is 16.4 Å². The Labute approximate surface area is 162 Å². The highest BCUT2D eigenvalue weighted by atomic mass is 32.2. The number of likely N-dealkylation sites (N-methyl/N-ethyl adjacent to an activating group) is 1. The minimum absolute atomic E-state index is 0.0317. The number of morpholine rings is 1. The van der Waals surface area contributed by atoms with Gasteiger partial charge in [-0.3, -0.25) is 4.90 Å². The number of anilines is 1. The molecule has 1 aromatic rings. The first kappa shape index (κ1) is 20.5. The van der Waals surface area contributed by atoms with E-state index < -0.39 is 10.0 Å². The summed E-state index contributed by atoms with van der Waals surface area (Å²) in [6.07, 6.45) is 1.46. The SMILES string of the molecule is CN1CCN(S(=O)(=O)c2ccc(NCC(C)(C)N3CCOCC3)nc2)CC1. The number of pyridine rings is 1. The summed E-state index contributed by atoms with van der Waals surface area (Å²) < 4.78 is 32.5. The van der Waals surface area contributed by atoms with Crippen molar-refractivity contribution in [3.63, 3.8) is 0 Å². The highest BCUT2D eigenvalue weighted by Gasteiger charge is 2.29. The zero-order valence-corrected chi connectivity index (χ0v) is 17.3. The fourth-order valence-corrected chi connectivity index (χ4v) is 4.77. The number of aromatic nitrogens is 1. The Kier molecular flexibility index (Phi) is 6.37. The van der Waals surface area contributed by atoms with Gasteiger partial charge in [0, 0.05) is 57.5 Å². The number of ether oxygens (including phenoxy) is 1. The van der Waals surface area contributed by atoms with Gasteiger partial charge in [0.25, 0.3) is 0 Å². The molecule has 1 N–H and O–H groups in total. The molecule has 152 valence electrons. The van der Waals surface area contributed by atoms with Crippen LogP contribution in [-0.4, -0.2) is 99.1 Å². The molecule has 0 aromatic carbocycles. The van der Waals surface area contributed by atoms with Gasteiger partial charge in [0.1, 0.15) is 10.7 Å². The van der Waals surface area contributed by atoms with Crippen LogP contribution in [0.3, 0.4) is 0 Å². The molecule has 27 heavy (non-hydrogen) atoms. The van der Waals surface area contributed by atoms with Gasteiger partial charge in [-0.1, -0.05) is 0 Å². The van der Waals surface area contributed by atoms with Crippen LogP contribution in [0.15, 0.2) is 23.2 Å². The number of hydrogen-bond donors (Lipinski definition) is 1. The Morgan fingerprint density at radius 1 is 1.11 bits per heavy atom. The Morgan fingerprint density at radius 2 is 1.78 bits per heavy atom. The first-order valence-corrected chi connectivity index (χ1v) is 10.9. The molecule has 2 saturated heterocycles. The lowest BCUT2D eigenvalue weighted by Gasteiger charge is -2.41. The fourth-order valence-electron chi connectivity index (χ4n) is 3.40. The molecule has 0 bridgehead atoms. The third kappa shape index (κ3) is 4.97. The first-order chi connectivity index (χ1) is 12.8. The second-order valence-electron chi connectivity index (χ2n) is 7.85. The molecule has 0 atom stereocenters. The van der Waals surface area contributed by atoms with Crippen LogP contribution in [0.25, 0.3) is 0 Å². The molecular formula is C18H31N5O3S. The van der Waals surface area contributed by atoms with E-state index >= 15 is 0 Å². The topological polar surface area (TPSA) is 78.0 Å². The predicted octanol–water partition coefficient (Wildman–Crippen LogP) is 0.540. The molecule has 2 aliphatic rings. The monoisotopic (exact) mass is 397 g/mol. The van der Waals surface area contributed by atoms with E-state index in [0.717, 1.165) is 45.9 Å². The van der Waals surface area contributed by atoms with Gasteiger partial charge in [-0.05, 0) is 33.0 Å². The van der Waals surface area contributed by atoms with Crippen molar-refractivity contribution in [1.29, 1.82) is 0 Å². The highest BCUT2D eigenvalue weighted by molar-refractivity contribution is 7.89. The standard InChI is InChI=1S/C18H31N5O3S/c1-18(2,22-10-12-26-13-11-22)15-20-17-5-4-16(14-19-17)27(24,25)23-8-6-21(3)7-9-23/h4-5,14H,6-13,15H2,1-3H3,(H,19,20). The highest BCUT2D eigenvalue weighted by Crippen LogP contribution is 2.20. The summed E-state index contributed by atoms with van der Waals surface area (Å²) in [5.74, 6) is 0.689. The molecule has 0 saturated carbocycles. The van der Waals surface area contributed by atoms with E-state index in [1.807, 2.05) is 7.05 Å².